The molecule has 1 aromatic carbocycles. The van der Waals surface area contributed by atoms with Crippen molar-refractivity contribution in [2.45, 2.75) is 12.8 Å². The van der Waals surface area contributed by atoms with Gasteiger partial charge >= 0.3 is 0 Å². The maximum Gasteiger partial charge on any atom is 0.0992 e. The van der Waals surface area contributed by atoms with Gasteiger partial charge in [0.2, 0.25) is 0 Å². The van der Waals surface area contributed by atoms with Crippen LogP contribution in [-0.4, -0.2) is 24.8 Å². The summed E-state index contributed by atoms with van der Waals surface area (Å²) in [7, 11) is 0. The quantitative estimate of drug-likeness (QED) is 0.877. The van der Waals surface area contributed by atoms with Gasteiger partial charge in [0.15, 0.2) is 0 Å². The number of nitrogens with zero attached hydrogens (tertiary/aromatic N) is 2. The third-order valence-corrected chi connectivity index (χ3v) is 3.59. The molecule has 0 saturated carbocycles. The summed E-state index contributed by atoms with van der Waals surface area (Å²) in [4.78, 5) is 2.22. The Morgan fingerprint density at radius 2 is 2.12 bits per heavy atom. The molecule has 0 atom stereocenters. The van der Waals surface area contributed by atoms with Crippen LogP contribution in [0.5, 0.6) is 0 Å². The molecule has 4 heteroatoms. The van der Waals surface area contributed by atoms with Gasteiger partial charge < -0.3 is 10.0 Å². The highest BCUT2D eigenvalue weighted by Gasteiger charge is 2.20. The van der Waals surface area contributed by atoms with Gasteiger partial charge in [0.25, 0.3) is 0 Å². The van der Waals surface area contributed by atoms with E-state index < -0.39 is 0 Å². The van der Waals surface area contributed by atoms with E-state index in [0.29, 0.717) is 16.5 Å². The fourth-order valence-corrected chi connectivity index (χ4v) is 2.49. The SMILES string of the molecule is N#Cc1ccc(N2CCC(CO)CC2)c(Cl)c1. The molecule has 90 valence electrons. The van der Waals surface area contributed by atoms with E-state index in [1.807, 2.05) is 6.07 Å². The van der Waals surface area contributed by atoms with Crippen molar-refractivity contribution in [3.8, 4) is 6.07 Å². The van der Waals surface area contributed by atoms with E-state index in [1.165, 1.54) is 0 Å². The fraction of sp³-hybridized carbons (Fsp3) is 0.462. The van der Waals surface area contributed by atoms with Gasteiger partial charge in [0, 0.05) is 19.7 Å². The van der Waals surface area contributed by atoms with Crippen LogP contribution in [0, 0.1) is 17.2 Å². The minimum absolute atomic E-state index is 0.273. The average molecular weight is 251 g/mol. The summed E-state index contributed by atoms with van der Waals surface area (Å²) in [5.41, 5.74) is 1.58. The third kappa shape index (κ3) is 2.71. The molecule has 1 heterocycles. The summed E-state index contributed by atoms with van der Waals surface area (Å²) in [6.45, 7) is 2.10. The van der Waals surface area contributed by atoms with Crippen LogP contribution in [0.1, 0.15) is 18.4 Å². The lowest BCUT2D eigenvalue weighted by molar-refractivity contribution is 0.203. The summed E-state index contributed by atoms with van der Waals surface area (Å²) in [6.07, 6.45) is 1.99. The van der Waals surface area contributed by atoms with E-state index in [4.69, 9.17) is 22.0 Å². The zero-order valence-corrected chi connectivity index (χ0v) is 10.3. The van der Waals surface area contributed by atoms with Crippen molar-refractivity contribution < 1.29 is 5.11 Å². The molecule has 17 heavy (non-hydrogen) atoms. The van der Waals surface area contributed by atoms with Crippen molar-refractivity contribution in [3.63, 3.8) is 0 Å². The van der Waals surface area contributed by atoms with Crippen LogP contribution in [0.15, 0.2) is 18.2 Å². The largest absolute Gasteiger partial charge is 0.396 e. The second-order valence-corrected chi connectivity index (χ2v) is 4.80. The Bertz CT molecular complexity index is 434. The van der Waals surface area contributed by atoms with E-state index >= 15 is 0 Å². The van der Waals surface area contributed by atoms with Crippen LogP contribution in [0.2, 0.25) is 5.02 Å². The molecule has 0 aromatic heterocycles. The highest BCUT2D eigenvalue weighted by atomic mass is 35.5. The van der Waals surface area contributed by atoms with E-state index in [1.54, 1.807) is 12.1 Å². The van der Waals surface area contributed by atoms with Crippen molar-refractivity contribution in [2.24, 2.45) is 5.92 Å². The number of rotatable bonds is 2. The Balaban J connectivity index is 2.11. The maximum atomic E-state index is 9.09. The summed E-state index contributed by atoms with van der Waals surface area (Å²) in [5.74, 6) is 0.420. The molecule has 0 bridgehead atoms. The first-order chi connectivity index (χ1) is 8.24. The third-order valence-electron chi connectivity index (χ3n) is 3.29. The van der Waals surface area contributed by atoms with Crippen molar-refractivity contribution in [1.29, 1.82) is 5.26 Å². The van der Waals surface area contributed by atoms with E-state index in [9.17, 15) is 0 Å². The molecule has 0 amide bonds. The van der Waals surface area contributed by atoms with Gasteiger partial charge in [0.1, 0.15) is 0 Å². The standard InChI is InChI=1S/C13H15ClN2O/c14-12-7-11(8-15)1-2-13(12)16-5-3-10(9-17)4-6-16/h1-2,7,10,17H,3-6,9H2. The first kappa shape index (κ1) is 12.2. The summed E-state index contributed by atoms with van der Waals surface area (Å²) >= 11 is 6.17. The van der Waals surface area contributed by atoms with Gasteiger partial charge in [-0.05, 0) is 37.0 Å². The Labute approximate surface area is 106 Å². The van der Waals surface area contributed by atoms with Gasteiger partial charge in [-0.25, -0.2) is 0 Å². The van der Waals surface area contributed by atoms with Crippen LogP contribution in [0.4, 0.5) is 5.69 Å². The predicted octanol–water partition coefficient (Wildman–Crippen LogP) is 2.42. The number of halogens is 1. The van der Waals surface area contributed by atoms with Crippen molar-refractivity contribution in [2.75, 3.05) is 24.6 Å². The molecule has 0 spiro atoms. The van der Waals surface area contributed by atoms with E-state index in [-0.39, 0.29) is 6.61 Å². The minimum Gasteiger partial charge on any atom is -0.396 e. The number of aliphatic hydroxyl groups is 1. The Morgan fingerprint density at radius 1 is 1.41 bits per heavy atom. The van der Waals surface area contributed by atoms with E-state index in [2.05, 4.69) is 11.0 Å². The molecule has 1 aliphatic heterocycles. The van der Waals surface area contributed by atoms with Gasteiger partial charge in [-0.15, -0.1) is 0 Å². The van der Waals surface area contributed by atoms with Crippen LogP contribution in [-0.2, 0) is 0 Å². The van der Waals surface area contributed by atoms with Crippen LogP contribution >= 0.6 is 11.6 Å². The lowest BCUT2D eigenvalue weighted by Gasteiger charge is -2.33. The van der Waals surface area contributed by atoms with E-state index in [0.717, 1.165) is 31.6 Å². The highest BCUT2D eigenvalue weighted by molar-refractivity contribution is 6.33. The molecule has 1 aromatic rings. The molecule has 3 nitrogen and oxygen atoms in total. The molecule has 2 rings (SSSR count). The molecule has 0 radical (unpaired) electrons. The first-order valence-corrected chi connectivity index (χ1v) is 6.18. The van der Waals surface area contributed by atoms with Crippen LogP contribution < -0.4 is 4.90 Å². The second kappa shape index (κ2) is 5.39. The van der Waals surface area contributed by atoms with Crippen molar-refractivity contribution >= 4 is 17.3 Å². The lowest BCUT2D eigenvalue weighted by atomic mass is 9.97. The minimum atomic E-state index is 0.273. The van der Waals surface area contributed by atoms with Gasteiger partial charge in [-0.2, -0.15) is 5.26 Å². The van der Waals surface area contributed by atoms with Gasteiger partial charge in [0.05, 0.1) is 22.3 Å². The number of piperidine rings is 1. The number of hydrogen-bond acceptors (Lipinski definition) is 3. The number of benzene rings is 1. The van der Waals surface area contributed by atoms with Crippen molar-refractivity contribution in [1.82, 2.24) is 0 Å². The molecule has 0 unspecified atom stereocenters. The summed E-state index contributed by atoms with van der Waals surface area (Å²) in [6, 6.07) is 7.48. The zero-order valence-electron chi connectivity index (χ0n) is 9.56. The van der Waals surface area contributed by atoms with Crippen molar-refractivity contribution in [3.05, 3.63) is 28.8 Å². The Hall–Kier alpha value is -1.24. The lowest BCUT2D eigenvalue weighted by Crippen LogP contribution is -2.34. The monoisotopic (exact) mass is 250 g/mol. The molecule has 0 aliphatic carbocycles. The topological polar surface area (TPSA) is 47.3 Å². The number of nitriles is 1. The normalized spacial score (nSPS) is 16.9. The molecular formula is C13H15ClN2O. The Kier molecular flexibility index (Phi) is 3.88. The average Bonchev–Trinajstić information content (AvgIpc) is 2.39. The van der Waals surface area contributed by atoms with Gasteiger partial charge in [-0.3, -0.25) is 0 Å². The maximum absolute atomic E-state index is 9.09. The molecular weight excluding hydrogens is 236 g/mol. The van der Waals surface area contributed by atoms with Crippen LogP contribution in [0.3, 0.4) is 0 Å². The fourth-order valence-electron chi connectivity index (χ4n) is 2.19. The second-order valence-electron chi connectivity index (χ2n) is 4.39. The molecule has 1 aliphatic rings. The van der Waals surface area contributed by atoms with Crippen LogP contribution in [0.25, 0.3) is 0 Å². The number of aliphatic hydroxyl groups excluding tert-OH is 1. The number of hydrogen-bond donors (Lipinski definition) is 1. The molecule has 1 saturated heterocycles. The molecule has 1 N–H and O–H groups in total. The summed E-state index contributed by atoms with van der Waals surface area (Å²) < 4.78 is 0. The smallest absolute Gasteiger partial charge is 0.0992 e. The highest BCUT2D eigenvalue weighted by Crippen LogP contribution is 2.30. The Morgan fingerprint density at radius 3 is 2.65 bits per heavy atom. The first-order valence-electron chi connectivity index (χ1n) is 5.80. The number of anilines is 1. The summed E-state index contributed by atoms with van der Waals surface area (Å²) in [5, 5.41) is 18.5. The van der Waals surface area contributed by atoms with Gasteiger partial charge in [-0.1, -0.05) is 11.6 Å². The molecule has 1 fully saturated rings. The predicted molar refractivity (Wildman–Crippen MR) is 68.2 cm³/mol. The zero-order chi connectivity index (χ0) is 12.3.